The van der Waals surface area contributed by atoms with E-state index in [9.17, 15) is 4.79 Å². The molecule has 0 radical (unpaired) electrons. The summed E-state index contributed by atoms with van der Waals surface area (Å²) in [6, 6.07) is 15.6. The summed E-state index contributed by atoms with van der Waals surface area (Å²) in [5, 5.41) is 3.96. The monoisotopic (exact) mass is 339 g/mol. The summed E-state index contributed by atoms with van der Waals surface area (Å²) in [6.45, 7) is 8.14. The third-order valence-corrected chi connectivity index (χ3v) is 3.82. The molecule has 0 fully saturated rings. The molecule has 0 bridgehead atoms. The van der Waals surface area contributed by atoms with Gasteiger partial charge in [0.15, 0.2) is 6.61 Å². The quantitative estimate of drug-likeness (QED) is 0.593. The predicted molar refractivity (Wildman–Crippen MR) is 102 cm³/mol. The number of rotatable bonds is 8. The number of hydrogen-bond acceptors (Lipinski definition) is 4. The molecule has 25 heavy (non-hydrogen) atoms. The largest absolute Gasteiger partial charge is 0.484 e. The van der Waals surface area contributed by atoms with Crippen LogP contribution in [0.25, 0.3) is 0 Å². The Kier molecular flexibility index (Phi) is 7.01. The third kappa shape index (κ3) is 5.95. The van der Waals surface area contributed by atoms with Crippen molar-refractivity contribution < 1.29 is 9.53 Å². The molecule has 0 saturated carbocycles. The van der Waals surface area contributed by atoms with E-state index in [1.807, 2.05) is 43.3 Å². The number of carbonyl (C=O) groups is 1. The van der Waals surface area contributed by atoms with Gasteiger partial charge in [0, 0.05) is 18.8 Å². The molecule has 0 aliphatic rings. The maximum absolute atomic E-state index is 11.7. The number of benzene rings is 2. The fraction of sp³-hybridized carbons (Fsp3) is 0.300. The van der Waals surface area contributed by atoms with Gasteiger partial charge in [-0.15, -0.1) is 0 Å². The van der Waals surface area contributed by atoms with Gasteiger partial charge in [0.25, 0.3) is 5.91 Å². The van der Waals surface area contributed by atoms with E-state index in [1.54, 1.807) is 6.21 Å². The fourth-order valence-corrected chi connectivity index (χ4v) is 2.35. The highest BCUT2D eigenvalue weighted by molar-refractivity contribution is 5.83. The van der Waals surface area contributed by atoms with Crippen LogP contribution in [0.4, 0.5) is 5.69 Å². The molecule has 5 heteroatoms. The normalized spacial score (nSPS) is 10.7. The second-order valence-corrected chi connectivity index (χ2v) is 5.66. The minimum Gasteiger partial charge on any atom is -0.484 e. The Hall–Kier alpha value is -2.82. The maximum Gasteiger partial charge on any atom is 0.277 e. The minimum atomic E-state index is -0.295. The number of ether oxygens (including phenoxy) is 1. The number of amides is 1. The van der Waals surface area contributed by atoms with Crippen LogP contribution in [0.15, 0.2) is 53.6 Å². The molecule has 1 N–H and O–H groups in total. The van der Waals surface area contributed by atoms with Gasteiger partial charge in [0.05, 0.1) is 6.21 Å². The lowest BCUT2D eigenvalue weighted by Gasteiger charge is -2.20. The third-order valence-electron chi connectivity index (χ3n) is 3.82. The number of aryl methyl sites for hydroxylation is 1. The van der Waals surface area contributed by atoms with Gasteiger partial charge in [0.2, 0.25) is 0 Å². The van der Waals surface area contributed by atoms with Crippen molar-refractivity contribution in [2.75, 3.05) is 24.6 Å². The second-order valence-electron chi connectivity index (χ2n) is 5.66. The van der Waals surface area contributed by atoms with Crippen LogP contribution in [0.5, 0.6) is 5.75 Å². The maximum atomic E-state index is 11.7. The Morgan fingerprint density at radius 2 is 1.72 bits per heavy atom. The molecule has 0 saturated heterocycles. The molecule has 0 aliphatic carbocycles. The summed E-state index contributed by atoms with van der Waals surface area (Å²) in [7, 11) is 0. The Bertz CT molecular complexity index is 690. The first-order valence-electron chi connectivity index (χ1n) is 8.48. The van der Waals surface area contributed by atoms with Gasteiger partial charge >= 0.3 is 0 Å². The standard InChI is InChI=1S/C20H25N3O2/c1-4-23(5-2)18-10-8-17(9-11-18)14-21-22-20(24)15-25-19-12-6-16(3)7-13-19/h6-14H,4-5,15H2,1-3H3,(H,22,24)/b21-14-. The lowest BCUT2D eigenvalue weighted by Crippen LogP contribution is -2.24. The van der Waals surface area contributed by atoms with Crippen molar-refractivity contribution in [1.29, 1.82) is 0 Å². The number of nitrogens with zero attached hydrogens (tertiary/aromatic N) is 2. The van der Waals surface area contributed by atoms with Crippen LogP contribution >= 0.6 is 0 Å². The van der Waals surface area contributed by atoms with E-state index in [-0.39, 0.29) is 12.5 Å². The Labute approximate surface area is 149 Å². The smallest absolute Gasteiger partial charge is 0.277 e. The van der Waals surface area contributed by atoms with Crippen LogP contribution < -0.4 is 15.1 Å². The van der Waals surface area contributed by atoms with E-state index >= 15 is 0 Å². The average Bonchev–Trinajstić information content (AvgIpc) is 2.63. The van der Waals surface area contributed by atoms with Crippen molar-refractivity contribution in [3.8, 4) is 5.75 Å². The van der Waals surface area contributed by atoms with E-state index in [1.165, 1.54) is 5.69 Å². The summed E-state index contributed by atoms with van der Waals surface area (Å²) in [5.74, 6) is 0.369. The molecule has 2 aromatic carbocycles. The van der Waals surface area contributed by atoms with Crippen molar-refractivity contribution in [2.45, 2.75) is 20.8 Å². The van der Waals surface area contributed by atoms with Gasteiger partial charge in [-0.3, -0.25) is 4.79 Å². The molecule has 132 valence electrons. The summed E-state index contributed by atoms with van der Waals surface area (Å²) in [5.41, 5.74) is 5.72. The van der Waals surface area contributed by atoms with Crippen LogP contribution in [0.2, 0.25) is 0 Å². The Balaban J connectivity index is 1.79. The molecule has 0 aliphatic heterocycles. The molecule has 0 atom stereocenters. The Morgan fingerprint density at radius 1 is 1.08 bits per heavy atom. The number of hydrazone groups is 1. The van der Waals surface area contributed by atoms with Crippen LogP contribution in [0.1, 0.15) is 25.0 Å². The van der Waals surface area contributed by atoms with Gasteiger partial charge in [-0.1, -0.05) is 29.8 Å². The molecule has 5 nitrogen and oxygen atoms in total. The number of nitrogens with one attached hydrogen (secondary N) is 1. The predicted octanol–water partition coefficient (Wildman–Crippen LogP) is 3.37. The fourth-order valence-electron chi connectivity index (χ4n) is 2.35. The number of carbonyl (C=O) groups excluding carboxylic acids is 1. The van der Waals surface area contributed by atoms with Gasteiger partial charge in [0.1, 0.15) is 5.75 Å². The van der Waals surface area contributed by atoms with Gasteiger partial charge in [-0.05, 0) is 50.6 Å². The van der Waals surface area contributed by atoms with Crippen LogP contribution in [-0.2, 0) is 4.79 Å². The lowest BCUT2D eigenvalue weighted by atomic mass is 10.2. The van der Waals surface area contributed by atoms with Gasteiger partial charge < -0.3 is 9.64 Å². The first-order valence-corrected chi connectivity index (χ1v) is 8.48. The van der Waals surface area contributed by atoms with Crippen molar-refractivity contribution in [3.05, 3.63) is 59.7 Å². The SMILES string of the molecule is CCN(CC)c1ccc(/C=N\NC(=O)COc2ccc(C)cc2)cc1. The molecule has 0 unspecified atom stereocenters. The van der Waals surface area contributed by atoms with Crippen molar-refractivity contribution in [2.24, 2.45) is 5.10 Å². The molecular weight excluding hydrogens is 314 g/mol. The highest BCUT2D eigenvalue weighted by atomic mass is 16.5. The number of anilines is 1. The topological polar surface area (TPSA) is 53.9 Å². The van der Waals surface area contributed by atoms with Crippen molar-refractivity contribution in [3.63, 3.8) is 0 Å². The number of hydrogen-bond donors (Lipinski definition) is 1. The molecule has 2 rings (SSSR count). The second kappa shape index (κ2) is 9.47. The summed E-state index contributed by atoms with van der Waals surface area (Å²) in [6.07, 6.45) is 1.62. The highest BCUT2D eigenvalue weighted by Gasteiger charge is 2.02. The van der Waals surface area contributed by atoms with E-state index in [0.717, 1.165) is 24.2 Å². The first-order chi connectivity index (χ1) is 12.1. The highest BCUT2D eigenvalue weighted by Crippen LogP contribution is 2.14. The van der Waals surface area contributed by atoms with Gasteiger partial charge in [-0.2, -0.15) is 5.10 Å². The molecule has 2 aromatic rings. The van der Waals surface area contributed by atoms with Crippen LogP contribution in [0, 0.1) is 6.92 Å². The molecule has 0 spiro atoms. The molecule has 0 aromatic heterocycles. The van der Waals surface area contributed by atoms with E-state index in [0.29, 0.717) is 5.75 Å². The lowest BCUT2D eigenvalue weighted by molar-refractivity contribution is -0.123. The summed E-state index contributed by atoms with van der Waals surface area (Å²) < 4.78 is 5.40. The molecule has 0 heterocycles. The van der Waals surface area contributed by atoms with E-state index in [2.05, 4.69) is 41.4 Å². The van der Waals surface area contributed by atoms with Crippen LogP contribution in [-0.4, -0.2) is 31.8 Å². The molecular formula is C20H25N3O2. The zero-order valence-electron chi connectivity index (χ0n) is 15.0. The van der Waals surface area contributed by atoms with Crippen molar-refractivity contribution >= 4 is 17.8 Å². The molecule has 1 amide bonds. The first kappa shape index (κ1) is 18.5. The summed E-state index contributed by atoms with van der Waals surface area (Å²) >= 11 is 0. The van der Waals surface area contributed by atoms with Gasteiger partial charge in [-0.25, -0.2) is 5.43 Å². The van der Waals surface area contributed by atoms with Crippen LogP contribution in [0.3, 0.4) is 0 Å². The summed E-state index contributed by atoms with van der Waals surface area (Å²) in [4.78, 5) is 14.0. The minimum absolute atomic E-state index is 0.0682. The average molecular weight is 339 g/mol. The zero-order valence-corrected chi connectivity index (χ0v) is 15.0. The van der Waals surface area contributed by atoms with E-state index in [4.69, 9.17) is 4.74 Å². The van der Waals surface area contributed by atoms with E-state index < -0.39 is 0 Å². The zero-order chi connectivity index (χ0) is 18.1. The Morgan fingerprint density at radius 3 is 2.32 bits per heavy atom. The van der Waals surface area contributed by atoms with Crippen molar-refractivity contribution in [1.82, 2.24) is 5.43 Å².